The van der Waals surface area contributed by atoms with Crippen LogP contribution in [0.3, 0.4) is 0 Å². The number of rotatable bonds is 15. The van der Waals surface area contributed by atoms with E-state index in [0.29, 0.717) is 18.9 Å². The molecule has 1 saturated heterocycles. The molecule has 5 atom stereocenters. The van der Waals surface area contributed by atoms with Crippen molar-refractivity contribution < 1.29 is 55.7 Å². The summed E-state index contributed by atoms with van der Waals surface area (Å²) in [4.78, 5) is 36.7. The number of benzene rings is 2. The molecule has 0 aliphatic carbocycles. The first-order valence-electron chi connectivity index (χ1n) is 15.9. The number of ether oxygens (including phenoxy) is 3. The number of aliphatic carboxylic acids is 1. The molecule has 0 spiro atoms. The Morgan fingerprint density at radius 1 is 1.17 bits per heavy atom. The van der Waals surface area contributed by atoms with Gasteiger partial charge in [-0.25, -0.2) is 23.1 Å². The van der Waals surface area contributed by atoms with Gasteiger partial charge in [0.1, 0.15) is 42.4 Å². The molecule has 0 saturated carbocycles. The van der Waals surface area contributed by atoms with Crippen molar-refractivity contribution in [2.45, 2.75) is 69.6 Å². The Kier molecular flexibility index (Phi) is 11.7. The maximum absolute atomic E-state index is 14.4. The lowest BCUT2D eigenvalue weighted by molar-refractivity contribution is -0.139. The van der Waals surface area contributed by atoms with Crippen LogP contribution in [0.25, 0.3) is 11.2 Å². The smallest absolute Gasteiger partial charge is 0.480 e. The maximum Gasteiger partial charge on any atom is 0.508 e. The van der Waals surface area contributed by atoms with Crippen molar-refractivity contribution in [3.8, 4) is 18.1 Å². The number of carbonyl (C=O) groups is 2. The molecule has 0 unspecified atom stereocenters. The zero-order valence-corrected chi connectivity index (χ0v) is 28.7. The van der Waals surface area contributed by atoms with Crippen LogP contribution in [0, 0.1) is 30.1 Å². The third-order valence-corrected chi connectivity index (χ3v) is 9.61. The van der Waals surface area contributed by atoms with E-state index in [1.165, 1.54) is 23.0 Å². The van der Waals surface area contributed by atoms with Crippen LogP contribution in [0.2, 0.25) is 0 Å². The molecule has 15 nitrogen and oxygen atoms in total. The number of nitrogens with zero attached hydrogens (tertiary/aromatic N) is 4. The number of hydrogen-bond acceptors (Lipinski definition) is 12. The van der Waals surface area contributed by atoms with Gasteiger partial charge < -0.3 is 29.6 Å². The molecule has 2 aromatic carbocycles. The third kappa shape index (κ3) is 8.80. The topological polar surface area (TPSA) is 199 Å². The first-order chi connectivity index (χ1) is 24.8. The van der Waals surface area contributed by atoms with Crippen LogP contribution in [0.4, 0.5) is 23.8 Å². The number of nitrogens with one attached hydrogen (secondary N) is 1. The van der Waals surface area contributed by atoms with Crippen molar-refractivity contribution in [1.82, 2.24) is 24.6 Å². The summed E-state index contributed by atoms with van der Waals surface area (Å²) in [6, 6.07) is 8.19. The molecule has 1 aliphatic heterocycles. The highest BCUT2D eigenvalue weighted by Crippen LogP contribution is 2.48. The highest BCUT2D eigenvalue weighted by atomic mass is 31.2. The van der Waals surface area contributed by atoms with Gasteiger partial charge in [-0.1, -0.05) is 38.0 Å². The zero-order chi connectivity index (χ0) is 37.6. The van der Waals surface area contributed by atoms with E-state index in [0.717, 1.165) is 12.1 Å². The fraction of sp³-hybridized carbons (Fsp3) is 0.364. The molecule has 1 aliphatic rings. The number of fused-ring (bicyclic) bond motifs is 1. The van der Waals surface area contributed by atoms with Crippen LogP contribution in [-0.2, 0) is 34.5 Å². The number of carboxylic acids is 1. The number of halogens is 3. The van der Waals surface area contributed by atoms with E-state index < -0.39 is 80.7 Å². The van der Waals surface area contributed by atoms with Crippen LogP contribution in [0.15, 0.2) is 54.9 Å². The average Bonchev–Trinajstić information content (AvgIpc) is 3.67. The van der Waals surface area contributed by atoms with Crippen LogP contribution in [0.5, 0.6) is 5.75 Å². The highest BCUT2D eigenvalue weighted by molar-refractivity contribution is 7.52. The standard InChI is InChI=1S/C33H34F3N6O9P/c1-4-22(5-2)48-32(45)49-25-16-26(42-18-38-27-28(37)39-31(36)40-29(27)42)50-33(25,6-3)17-47-52(46,51-23-10-8-7-9-11-23)41-24(30(43)44)14-19-12-20(34)15-21(35)13-19/h3,7-13,15,18,22,24-26H,4-5,14,16-17H2,1-2H3,(H,41,46)(H,43,44)(H2,37,39,40)/t24-,25-,26+,33+,52-/m0/s1. The molecule has 5 rings (SSSR count). The van der Waals surface area contributed by atoms with Gasteiger partial charge in [0, 0.05) is 12.5 Å². The quantitative estimate of drug-likeness (QED) is 0.0611. The van der Waals surface area contributed by atoms with Gasteiger partial charge in [-0.15, -0.1) is 6.42 Å². The number of carbonyl (C=O) groups excluding carboxylic acids is 1. The lowest BCUT2D eigenvalue weighted by Crippen LogP contribution is -2.46. The molecular formula is C33H34F3N6O9P. The molecule has 0 bridgehead atoms. The summed E-state index contributed by atoms with van der Waals surface area (Å²) in [7, 11) is -4.82. The second kappa shape index (κ2) is 16.0. The molecule has 0 amide bonds. The van der Waals surface area contributed by atoms with E-state index in [2.05, 4.69) is 26.0 Å². The zero-order valence-electron chi connectivity index (χ0n) is 27.8. The van der Waals surface area contributed by atoms with Crippen molar-refractivity contribution in [3.05, 3.63) is 78.1 Å². The summed E-state index contributed by atoms with van der Waals surface area (Å²) in [5.41, 5.74) is 3.62. The summed E-state index contributed by atoms with van der Waals surface area (Å²) >= 11 is 0. The highest BCUT2D eigenvalue weighted by Gasteiger charge is 2.53. The van der Waals surface area contributed by atoms with Crippen molar-refractivity contribution in [2.24, 2.45) is 0 Å². The van der Waals surface area contributed by atoms with E-state index in [4.69, 9.17) is 35.4 Å². The molecule has 52 heavy (non-hydrogen) atoms. The molecule has 3 heterocycles. The molecule has 2 aromatic heterocycles. The number of para-hydroxylation sites is 1. The van der Waals surface area contributed by atoms with Crippen LogP contribution in [0.1, 0.15) is 44.9 Å². The Morgan fingerprint density at radius 2 is 1.87 bits per heavy atom. The number of terminal acetylenes is 1. The first kappa shape index (κ1) is 38.0. The summed E-state index contributed by atoms with van der Waals surface area (Å²) in [5, 5.41) is 12.4. The number of carboxylic acid groups (broad SMARTS) is 1. The molecule has 19 heteroatoms. The van der Waals surface area contributed by atoms with Gasteiger partial charge in [-0.2, -0.15) is 19.4 Å². The Balaban J connectivity index is 1.49. The Bertz CT molecular complexity index is 1990. The number of anilines is 1. The van der Waals surface area contributed by atoms with E-state index in [-0.39, 0.29) is 34.7 Å². The van der Waals surface area contributed by atoms with Crippen molar-refractivity contribution in [3.63, 3.8) is 0 Å². The molecular weight excluding hydrogens is 712 g/mol. The van der Waals surface area contributed by atoms with Crippen molar-refractivity contribution in [2.75, 3.05) is 12.3 Å². The lowest BCUT2D eigenvalue weighted by atomic mass is 9.99. The van der Waals surface area contributed by atoms with Gasteiger partial charge in [0.15, 0.2) is 28.7 Å². The van der Waals surface area contributed by atoms with Gasteiger partial charge in [-0.05, 0) is 49.1 Å². The van der Waals surface area contributed by atoms with Gasteiger partial charge in [0.25, 0.3) is 0 Å². The molecule has 276 valence electrons. The van der Waals surface area contributed by atoms with Crippen LogP contribution in [-0.4, -0.2) is 67.2 Å². The summed E-state index contributed by atoms with van der Waals surface area (Å²) < 4.78 is 86.6. The van der Waals surface area contributed by atoms with E-state index in [9.17, 15) is 32.4 Å². The van der Waals surface area contributed by atoms with E-state index in [1.54, 1.807) is 32.0 Å². The Labute approximate surface area is 295 Å². The minimum absolute atomic E-state index is 0.0232. The SMILES string of the molecule is C#C[C@]1(CO[P@@](=O)(N[C@@H](Cc2cc(F)cc(F)c2)C(=O)O)Oc2ccccc2)O[C@@H](n2cnc3c(N)nc(F)nc32)C[C@@H]1OC(=O)OC(CC)CC. The summed E-state index contributed by atoms with van der Waals surface area (Å²) in [5.74, 6) is -1.38. The molecule has 1 fully saturated rings. The summed E-state index contributed by atoms with van der Waals surface area (Å²) in [6.07, 6.45) is 2.09. The predicted octanol–water partition coefficient (Wildman–Crippen LogP) is 5.32. The minimum atomic E-state index is -4.82. The number of nitrogens with two attached hydrogens (primary N) is 1. The van der Waals surface area contributed by atoms with Gasteiger partial charge in [0.2, 0.25) is 0 Å². The largest absolute Gasteiger partial charge is 0.508 e. The van der Waals surface area contributed by atoms with Gasteiger partial charge in [0.05, 0.1) is 6.33 Å². The predicted molar refractivity (Wildman–Crippen MR) is 177 cm³/mol. The number of imidazole rings is 1. The Morgan fingerprint density at radius 3 is 2.50 bits per heavy atom. The first-order valence-corrected chi connectivity index (χ1v) is 17.4. The van der Waals surface area contributed by atoms with Crippen molar-refractivity contribution in [1.29, 1.82) is 0 Å². The normalized spacial score (nSPS) is 20.2. The second-order valence-electron chi connectivity index (χ2n) is 11.6. The van der Waals surface area contributed by atoms with Gasteiger partial charge >= 0.3 is 25.9 Å². The molecule has 0 radical (unpaired) electrons. The monoisotopic (exact) mass is 746 g/mol. The van der Waals surface area contributed by atoms with Crippen LogP contribution >= 0.6 is 7.75 Å². The Hall–Kier alpha value is -5.21. The van der Waals surface area contributed by atoms with Crippen molar-refractivity contribution >= 4 is 36.9 Å². The number of hydrogen-bond donors (Lipinski definition) is 3. The van der Waals surface area contributed by atoms with E-state index in [1.807, 2.05) is 0 Å². The number of aromatic nitrogens is 4. The molecule has 4 N–H and O–H groups in total. The average molecular weight is 747 g/mol. The molecule has 4 aromatic rings. The number of nitrogen functional groups attached to an aromatic ring is 1. The third-order valence-electron chi connectivity index (χ3n) is 8.06. The van der Waals surface area contributed by atoms with Gasteiger partial charge in [-0.3, -0.25) is 13.9 Å². The fourth-order valence-electron chi connectivity index (χ4n) is 5.44. The van der Waals surface area contributed by atoms with Crippen LogP contribution < -0.4 is 15.3 Å². The maximum atomic E-state index is 14.4. The minimum Gasteiger partial charge on any atom is -0.480 e. The lowest BCUT2D eigenvalue weighted by Gasteiger charge is -2.31. The second-order valence-corrected chi connectivity index (χ2v) is 13.3. The fourth-order valence-corrected chi connectivity index (χ4v) is 6.97. The summed E-state index contributed by atoms with van der Waals surface area (Å²) in [6.45, 7) is 2.75. The van der Waals surface area contributed by atoms with E-state index >= 15 is 0 Å².